The van der Waals surface area contributed by atoms with Crippen molar-refractivity contribution in [2.24, 2.45) is 0 Å². The van der Waals surface area contributed by atoms with Crippen molar-refractivity contribution in [2.45, 2.75) is 12.3 Å². The molecule has 2 N–H and O–H groups in total. The summed E-state index contributed by atoms with van der Waals surface area (Å²) < 4.78 is 0. The number of imide groups is 1. The minimum absolute atomic E-state index is 0.0279. The fourth-order valence-electron chi connectivity index (χ4n) is 2.58. The van der Waals surface area contributed by atoms with Crippen LogP contribution in [0.15, 0.2) is 48.5 Å². The summed E-state index contributed by atoms with van der Waals surface area (Å²) in [5.41, 5.74) is 2.51. The number of hydrogen-bond acceptors (Lipinski definition) is 4. The van der Waals surface area contributed by atoms with Crippen molar-refractivity contribution < 1.29 is 14.4 Å². The van der Waals surface area contributed by atoms with E-state index in [1.807, 2.05) is 30.3 Å². The Labute approximate surface area is 166 Å². The number of thioether (sulfide) groups is 1. The van der Waals surface area contributed by atoms with E-state index in [1.54, 1.807) is 18.2 Å². The molecule has 8 heteroatoms. The summed E-state index contributed by atoms with van der Waals surface area (Å²) in [6.45, 7) is 0.208. The first-order chi connectivity index (χ1) is 13.0. The standard InChI is InChI=1S/C19H18ClN3O3S/c20-15-6-4-13(5-7-15)11-27-12-17(24)22-16-3-1-2-14(8-16)10-23-18(25)9-21-19(23)26/h1-8H,9-12H2,(H,21,26)(H,22,24). The smallest absolute Gasteiger partial charge is 0.324 e. The zero-order valence-electron chi connectivity index (χ0n) is 14.4. The summed E-state index contributed by atoms with van der Waals surface area (Å²) in [5.74, 6) is 0.672. The van der Waals surface area contributed by atoms with Crippen LogP contribution in [0, 0.1) is 0 Å². The second-order valence-corrected chi connectivity index (χ2v) is 7.43. The molecule has 4 amide bonds. The van der Waals surface area contributed by atoms with Crippen LogP contribution in [-0.4, -0.2) is 35.0 Å². The van der Waals surface area contributed by atoms with E-state index in [-0.39, 0.29) is 24.9 Å². The average Bonchev–Trinajstić information content (AvgIpc) is 2.96. The molecule has 140 valence electrons. The van der Waals surface area contributed by atoms with Crippen LogP contribution in [0.4, 0.5) is 10.5 Å². The molecule has 0 spiro atoms. The minimum atomic E-state index is -0.395. The van der Waals surface area contributed by atoms with Crippen molar-refractivity contribution in [1.29, 1.82) is 0 Å². The van der Waals surface area contributed by atoms with Gasteiger partial charge < -0.3 is 10.6 Å². The average molecular weight is 404 g/mol. The molecule has 1 aliphatic rings. The van der Waals surface area contributed by atoms with Crippen molar-refractivity contribution in [3.8, 4) is 0 Å². The lowest BCUT2D eigenvalue weighted by atomic mass is 10.2. The van der Waals surface area contributed by atoms with Crippen LogP contribution >= 0.6 is 23.4 Å². The quantitative estimate of drug-likeness (QED) is 0.695. The molecule has 1 fully saturated rings. The fraction of sp³-hybridized carbons (Fsp3) is 0.211. The molecule has 1 heterocycles. The fourth-order valence-corrected chi connectivity index (χ4v) is 3.50. The lowest BCUT2D eigenvalue weighted by molar-refractivity contribution is -0.125. The molecule has 1 saturated heterocycles. The normalized spacial score (nSPS) is 13.6. The van der Waals surface area contributed by atoms with E-state index in [4.69, 9.17) is 11.6 Å². The van der Waals surface area contributed by atoms with Crippen molar-refractivity contribution in [1.82, 2.24) is 10.2 Å². The Morgan fingerprint density at radius 1 is 1.15 bits per heavy atom. The van der Waals surface area contributed by atoms with Gasteiger partial charge in [-0.15, -0.1) is 11.8 Å². The van der Waals surface area contributed by atoms with Gasteiger partial charge in [-0.1, -0.05) is 35.9 Å². The molecular weight excluding hydrogens is 386 g/mol. The lowest BCUT2D eigenvalue weighted by Crippen LogP contribution is -2.30. The first kappa shape index (κ1) is 19.3. The third-order valence-corrected chi connectivity index (χ3v) is 5.16. The van der Waals surface area contributed by atoms with Gasteiger partial charge >= 0.3 is 6.03 Å². The largest absolute Gasteiger partial charge is 0.329 e. The van der Waals surface area contributed by atoms with E-state index in [1.165, 1.54) is 11.8 Å². The van der Waals surface area contributed by atoms with Gasteiger partial charge in [0.15, 0.2) is 0 Å². The molecule has 0 atom stereocenters. The zero-order chi connectivity index (χ0) is 19.2. The van der Waals surface area contributed by atoms with Gasteiger partial charge in [0.2, 0.25) is 11.8 Å². The van der Waals surface area contributed by atoms with Gasteiger partial charge in [0.1, 0.15) is 0 Å². The maximum absolute atomic E-state index is 12.1. The van der Waals surface area contributed by atoms with E-state index in [0.717, 1.165) is 21.8 Å². The molecule has 1 aliphatic heterocycles. The van der Waals surface area contributed by atoms with Crippen LogP contribution in [0.2, 0.25) is 5.02 Å². The van der Waals surface area contributed by atoms with Crippen LogP contribution in [0.25, 0.3) is 0 Å². The van der Waals surface area contributed by atoms with Gasteiger partial charge in [-0.2, -0.15) is 0 Å². The summed E-state index contributed by atoms with van der Waals surface area (Å²) in [6, 6.07) is 14.3. The lowest BCUT2D eigenvalue weighted by Gasteiger charge is -2.13. The van der Waals surface area contributed by atoms with Gasteiger partial charge in [0, 0.05) is 16.5 Å². The highest BCUT2D eigenvalue weighted by atomic mass is 35.5. The topological polar surface area (TPSA) is 78.5 Å². The molecule has 0 unspecified atom stereocenters. The molecule has 0 aromatic heterocycles. The highest BCUT2D eigenvalue weighted by Gasteiger charge is 2.28. The van der Waals surface area contributed by atoms with Gasteiger partial charge in [-0.05, 0) is 35.4 Å². The number of urea groups is 1. The number of rotatable bonds is 7. The Morgan fingerprint density at radius 3 is 2.63 bits per heavy atom. The number of nitrogens with one attached hydrogen (secondary N) is 2. The van der Waals surface area contributed by atoms with Crippen LogP contribution in [0.1, 0.15) is 11.1 Å². The molecule has 0 aliphatic carbocycles. The third kappa shape index (κ3) is 5.48. The van der Waals surface area contributed by atoms with Gasteiger partial charge in [-0.3, -0.25) is 14.5 Å². The number of carbonyl (C=O) groups is 3. The molecule has 0 radical (unpaired) electrons. The molecule has 2 aromatic rings. The number of nitrogens with zero attached hydrogens (tertiary/aromatic N) is 1. The SMILES string of the molecule is O=C(CSCc1ccc(Cl)cc1)Nc1cccc(CN2C(=O)CNC2=O)c1. The Bertz CT molecular complexity index is 842. The molecular formula is C19H18ClN3O3S. The zero-order valence-corrected chi connectivity index (χ0v) is 16.0. The van der Waals surface area contributed by atoms with Crippen LogP contribution in [0.5, 0.6) is 0 Å². The number of anilines is 1. The summed E-state index contributed by atoms with van der Waals surface area (Å²) in [7, 11) is 0. The number of benzene rings is 2. The first-order valence-electron chi connectivity index (χ1n) is 8.30. The first-order valence-corrected chi connectivity index (χ1v) is 9.84. The monoisotopic (exact) mass is 403 g/mol. The van der Waals surface area contributed by atoms with E-state index in [2.05, 4.69) is 10.6 Å². The van der Waals surface area contributed by atoms with Crippen molar-refractivity contribution in [2.75, 3.05) is 17.6 Å². The van der Waals surface area contributed by atoms with Crippen LogP contribution in [-0.2, 0) is 21.9 Å². The minimum Gasteiger partial charge on any atom is -0.329 e. The molecule has 0 bridgehead atoms. The number of hydrogen-bond donors (Lipinski definition) is 2. The maximum Gasteiger partial charge on any atom is 0.324 e. The van der Waals surface area contributed by atoms with Crippen molar-refractivity contribution in [3.63, 3.8) is 0 Å². The predicted molar refractivity (Wildman–Crippen MR) is 107 cm³/mol. The van der Waals surface area contributed by atoms with Crippen LogP contribution in [0.3, 0.4) is 0 Å². The Morgan fingerprint density at radius 2 is 1.93 bits per heavy atom. The summed E-state index contributed by atoms with van der Waals surface area (Å²) in [5, 5.41) is 6.01. The summed E-state index contributed by atoms with van der Waals surface area (Å²) >= 11 is 7.36. The molecule has 6 nitrogen and oxygen atoms in total. The van der Waals surface area contributed by atoms with E-state index in [9.17, 15) is 14.4 Å². The van der Waals surface area contributed by atoms with Crippen molar-refractivity contribution >= 4 is 46.9 Å². The maximum atomic E-state index is 12.1. The Balaban J connectivity index is 1.49. The van der Waals surface area contributed by atoms with E-state index >= 15 is 0 Å². The van der Waals surface area contributed by atoms with Gasteiger partial charge in [0.25, 0.3) is 0 Å². The summed E-state index contributed by atoms with van der Waals surface area (Å²) in [4.78, 5) is 36.6. The Hall–Kier alpha value is -2.51. The predicted octanol–water partition coefficient (Wildman–Crippen LogP) is 3.26. The van der Waals surface area contributed by atoms with Crippen molar-refractivity contribution in [3.05, 3.63) is 64.7 Å². The Kier molecular flexibility index (Phi) is 6.36. The van der Waals surface area contributed by atoms with Gasteiger partial charge in [0.05, 0.1) is 18.8 Å². The molecule has 2 aromatic carbocycles. The number of halogens is 1. The van der Waals surface area contributed by atoms with Gasteiger partial charge in [-0.25, -0.2) is 4.79 Å². The highest BCUT2D eigenvalue weighted by molar-refractivity contribution is 7.99. The highest BCUT2D eigenvalue weighted by Crippen LogP contribution is 2.17. The number of amides is 4. The second kappa shape index (κ2) is 8.92. The third-order valence-electron chi connectivity index (χ3n) is 3.90. The second-order valence-electron chi connectivity index (χ2n) is 6.01. The molecule has 27 heavy (non-hydrogen) atoms. The number of carbonyl (C=O) groups excluding carboxylic acids is 3. The molecule has 3 rings (SSSR count). The summed E-state index contributed by atoms with van der Waals surface area (Å²) in [6.07, 6.45) is 0. The van der Waals surface area contributed by atoms with E-state index in [0.29, 0.717) is 16.5 Å². The van der Waals surface area contributed by atoms with Crippen LogP contribution < -0.4 is 10.6 Å². The molecule has 0 saturated carbocycles. The van der Waals surface area contributed by atoms with E-state index < -0.39 is 6.03 Å².